The molecule has 4 rings (SSSR count). The Balaban J connectivity index is 1.49. The molecule has 10 heteroatoms. The highest BCUT2D eigenvalue weighted by molar-refractivity contribution is 6.05. The standard InChI is InChI=1S/C19H17N7O3/c1-12-21-23-24-25(12)16-4-2-3-14(11-16)20-19(29)13-5-7-15(8-6-13)26-18(28)10-9-17(27)22-26/h2-8,11H,9-10H2,1H3,(H,20,29)(H,22,27). The van der Waals surface area contributed by atoms with Crippen molar-refractivity contribution in [3.05, 3.63) is 59.9 Å². The van der Waals surface area contributed by atoms with Gasteiger partial charge in [0.25, 0.3) is 5.91 Å². The maximum absolute atomic E-state index is 12.6. The van der Waals surface area contributed by atoms with E-state index in [1.807, 2.05) is 6.07 Å². The maximum atomic E-state index is 12.6. The number of aromatic nitrogens is 4. The SMILES string of the molecule is Cc1nnnn1-c1cccc(NC(=O)c2ccc(N3NC(=O)CCC3=O)cc2)c1. The average molecular weight is 391 g/mol. The number of amides is 3. The zero-order chi connectivity index (χ0) is 20.4. The summed E-state index contributed by atoms with van der Waals surface area (Å²) in [4.78, 5) is 36.1. The quantitative estimate of drug-likeness (QED) is 0.693. The number of hydrogen-bond donors (Lipinski definition) is 2. The van der Waals surface area contributed by atoms with Gasteiger partial charge in [0.2, 0.25) is 11.8 Å². The normalized spacial score (nSPS) is 13.9. The van der Waals surface area contributed by atoms with E-state index in [9.17, 15) is 14.4 Å². The number of carbonyl (C=O) groups is 3. The molecule has 1 aliphatic heterocycles. The summed E-state index contributed by atoms with van der Waals surface area (Å²) in [6.45, 7) is 1.78. The molecule has 0 saturated carbocycles. The van der Waals surface area contributed by atoms with Crippen molar-refractivity contribution >= 4 is 29.1 Å². The first kappa shape index (κ1) is 18.3. The summed E-state index contributed by atoms with van der Waals surface area (Å²) in [7, 11) is 0. The number of rotatable bonds is 4. The summed E-state index contributed by atoms with van der Waals surface area (Å²) in [5.41, 5.74) is 4.74. The Bertz CT molecular complexity index is 1090. The Labute approximate surface area is 165 Å². The highest BCUT2D eigenvalue weighted by Crippen LogP contribution is 2.19. The molecule has 10 nitrogen and oxygen atoms in total. The summed E-state index contributed by atoms with van der Waals surface area (Å²) >= 11 is 0. The third-order valence-electron chi connectivity index (χ3n) is 4.41. The summed E-state index contributed by atoms with van der Waals surface area (Å²) in [5, 5.41) is 15.4. The van der Waals surface area contributed by atoms with Crippen LogP contribution >= 0.6 is 0 Å². The molecule has 146 valence electrons. The lowest BCUT2D eigenvalue weighted by molar-refractivity contribution is -0.130. The molecule has 0 atom stereocenters. The van der Waals surface area contributed by atoms with E-state index in [1.54, 1.807) is 54.1 Å². The lowest BCUT2D eigenvalue weighted by Gasteiger charge is -2.27. The molecule has 0 unspecified atom stereocenters. The van der Waals surface area contributed by atoms with Crippen molar-refractivity contribution in [2.24, 2.45) is 0 Å². The van der Waals surface area contributed by atoms with Crippen LogP contribution in [0.2, 0.25) is 0 Å². The zero-order valence-electron chi connectivity index (χ0n) is 15.5. The van der Waals surface area contributed by atoms with Crippen LogP contribution in [0.25, 0.3) is 5.69 Å². The van der Waals surface area contributed by atoms with Crippen LogP contribution in [0.3, 0.4) is 0 Å². The van der Waals surface area contributed by atoms with Gasteiger partial charge >= 0.3 is 0 Å². The van der Waals surface area contributed by atoms with Crippen LogP contribution in [0.5, 0.6) is 0 Å². The van der Waals surface area contributed by atoms with Gasteiger partial charge in [0.1, 0.15) is 0 Å². The van der Waals surface area contributed by atoms with Gasteiger partial charge in [-0.05, 0) is 59.8 Å². The first-order valence-corrected chi connectivity index (χ1v) is 8.90. The molecular formula is C19H17N7O3. The minimum Gasteiger partial charge on any atom is -0.322 e. The number of nitrogens with zero attached hydrogens (tertiary/aromatic N) is 5. The molecule has 1 aliphatic rings. The number of carbonyl (C=O) groups excluding carboxylic acids is 3. The van der Waals surface area contributed by atoms with Crippen LogP contribution in [-0.4, -0.2) is 37.9 Å². The third-order valence-corrected chi connectivity index (χ3v) is 4.41. The van der Waals surface area contributed by atoms with Gasteiger partial charge in [-0.15, -0.1) is 5.10 Å². The minimum atomic E-state index is -0.309. The van der Waals surface area contributed by atoms with Crippen molar-refractivity contribution in [3.63, 3.8) is 0 Å². The van der Waals surface area contributed by atoms with Gasteiger partial charge in [0, 0.05) is 24.1 Å². The van der Waals surface area contributed by atoms with Crippen molar-refractivity contribution in [1.82, 2.24) is 25.6 Å². The van der Waals surface area contributed by atoms with Crippen LogP contribution in [0.4, 0.5) is 11.4 Å². The lowest BCUT2D eigenvalue weighted by atomic mass is 10.1. The average Bonchev–Trinajstić information content (AvgIpc) is 3.16. The van der Waals surface area contributed by atoms with Gasteiger partial charge in [-0.3, -0.25) is 19.8 Å². The Morgan fingerprint density at radius 3 is 2.59 bits per heavy atom. The van der Waals surface area contributed by atoms with Gasteiger partial charge < -0.3 is 5.32 Å². The highest BCUT2D eigenvalue weighted by atomic mass is 16.2. The second-order valence-electron chi connectivity index (χ2n) is 6.45. The van der Waals surface area contributed by atoms with E-state index in [0.717, 1.165) is 5.69 Å². The Morgan fingerprint density at radius 1 is 1.07 bits per heavy atom. The Kier molecular flexibility index (Phi) is 4.73. The third kappa shape index (κ3) is 3.81. The summed E-state index contributed by atoms with van der Waals surface area (Å²) < 4.78 is 1.56. The van der Waals surface area contributed by atoms with Gasteiger partial charge in [0.05, 0.1) is 11.4 Å². The van der Waals surface area contributed by atoms with E-state index in [-0.39, 0.29) is 30.6 Å². The monoisotopic (exact) mass is 391 g/mol. The van der Waals surface area contributed by atoms with Gasteiger partial charge in [-0.1, -0.05) is 6.07 Å². The molecule has 0 spiro atoms. The lowest BCUT2D eigenvalue weighted by Crippen LogP contribution is -2.50. The van der Waals surface area contributed by atoms with Gasteiger partial charge in [-0.25, -0.2) is 5.01 Å². The molecule has 0 radical (unpaired) electrons. The van der Waals surface area contributed by atoms with E-state index in [4.69, 9.17) is 0 Å². The fourth-order valence-corrected chi connectivity index (χ4v) is 2.93. The first-order chi connectivity index (χ1) is 14.0. The molecule has 29 heavy (non-hydrogen) atoms. The molecule has 1 aromatic heterocycles. The van der Waals surface area contributed by atoms with Crippen molar-refractivity contribution in [2.75, 3.05) is 10.3 Å². The summed E-state index contributed by atoms with van der Waals surface area (Å²) in [6, 6.07) is 13.5. The topological polar surface area (TPSA) is 122 Å². The number of nitrogens with one attached hydrogen (secondary N) is 2. The van der Waals surface area contributed by atoms with Crippen molar-refractivity contribution in [2.45, 2.75) is 19.8 Å². The molecule has 2 N–H and O–H groups in total. The molecular weight excluding hydrogens is 374 g/mol. The number of tetrazole rings is 1. The maximum Gasteiger partial charge on any atom is 0.255 e. The smallest absolute Gasteiger partial charge is 0.255 e. The van der Waals surface area contributed by atoms with Crippen LogP contribution < -0.4 is 15.8 Å². The number of hydrazine groups is 1. The fraction of sp³-hybridized carbons (Fsp3) is 0.158. The van der Waals surface area contributed by atoms with Gasteiger partial charge in [0.15, 0.2) is 5.82 Å². The number of hydrogen-bond acceptors (Lipinski definition) is 6. The molecule has 3 amide bonds. The predicted octanol–water partition coefficient (Wildman–Crippen LogP) is 1.38. The van der Waals surface area contributed by atoms with E-state index >= 15 is 0 Å². The van der Waals surface area contributed by atoms with Crippen LogP contribution in [-0.2, 0) is 9.59 Å². The van der Waals surface area contributed by atoms with E-state index in [0.29, 0.717) is 22.8 Å². The molecule has 1 saturated heterocycles. The highest BCUT2D eigenvalue weighted by Gasteiger charge is 2.24. The molecule has 0 bridgehead atoms. The van der Waals surface area contributed by atoms with Crippen LogP contribution in [0.1, 0.15) is 29.0 Å². The molecule has 1 fully saturated rings. The second kappa shape index (κ2) is 7.50. The number of aryl methyl sites for hydroxylation is 1. The van der Waals surface area contributed by atoms with E-state index < -0.39 is 0 Å². The van der Waals surface area contributed by atoms with Crippen LogP contribution in [0, 0.1) is 6.92 Å². The zero-order valence-corrected chi connectivity index (χ0v) is 15.5. The molecule has 0 aliphatic carbocycles. The minimum absolute atomic E-state index is 0.158. The molecule has 2 aromatic carbocycles. The van der Waals surface area contributed by atoms with Crippen LogP contribution in [0.15, 0.2) is 48.5 Å². The fourth-order valence-electron chi connectivity index (χ4n) is 2.93. The van der Waals surface area contributed by atoms with Crippen molar-refractivity contribution in [3.8, 4) is 5.69 Å². The second-order valence-corrected chi connectivity index (χ2v) is 6.45. The van der Waals surface area contributed by atoms with Gasteiger partial charge in [-0.2, -0.15) is 4.68 Å². The van der Waals surface area contributed by atoms with Crippen molar-refractivity contribution < 1.29 is 14.4 Å². The Hall–Kier alpha value is -4.08. The van der Waals surface area contributed by atoms with E-state index in [2.05, 4.69) is 26.3 Å². The van der Waals surface area contributed by atoms with E-state index in [1.165, 1.54) is 5.01 Å². The van der Waals surface area contributed by atoms with Crippen molar-refractivity contribution in [1.29, 1.82) is 0 Å². The molecule has 2 heterocycles. The predicted molar refractivity (Wildman–Crippen MR) is 103 cm³/mol. The number of benzene rings is 2. The largest absolute Gasteiger partial charge is 0.322 e. The summed E-state index contributed by atoms with van der Waals surface area (Å²) in [5.74, 6) is -0.0970. The molecule has 3 aromatic rings. The number of anilines is 2. The first-order valence-electron chi connectivity index (χ1n) is 8.90. The summed E-state index contributed by atoms with van der Waals surface area (Å²) in [6.07, 6.45) is 0.338. The Morgan fingerprint density at radius 2 is 1.86 bits per heavy atom.